The molecule has 0 atom stereocenters. The molecule has 2 aromatic heterocycles. The number of likely N-dealkylation sites (tertiary alicyclic amines) is 1. The first-order chi connectivity index (χ1) is 14.4. The number of nitrogens with zero attached hydrogens (tertiary/aromatic N) is 3. The minimum atomic E-state index is -4.22. The molecule has 9 heteroatoms. The van der Waals surface area contributed by atoms with E-state index in [0.29, 0.717) is 22.0 Å². The molecule has 1 N–H and O–H groups in total. The lowest BCUT2D eigenvalue weighted by Gasteiger charge is -2.32. The van der Waals surface area contributed by atoms with Gasteiger partial charge in [0.25, 0.3) is 0 Å². The number of thiophene rings is 1. The number of alkyl halides is 3. The van der Waals surface area contributed by atoms with Crippen LogP contribution in [0.2, 0.25) is 5.02 Å². The van der Waals surface area contributed by atoms with Crippen molar-refractivity contribution in [1.82, 2.24) is 14.9 Å². The summed E-state index contributed by atoms with van der Waals surface area (Å²) in [5.74, 6) is 1.11. The maximum atomic E-state index is 12.7. The third-order valence-electron chi connectivity index (χ3n) is 5.37. The Kier molecular flexibility index (Phi) is 6.46. The van der Waals surface area contributed by atoms with Crippen LogP contribution in [0, 0.1) is 5.92 Å². The molecule has 0 unspecified atom stereocenters. The van der Waals surface area contributed by atoms with E-state index in [2.05, 4.69) is 26.3 Å². The van der Waals surface area contributed by atoms with Crippen molar-refractivity contribution in [2.75, 3.05) is 25.0 Å². The number of hydrogen-bond donors (Lipinski definition) is 1. The summed E-state index contributed by atoms with van der Waals surface area (Å²) in [7, 11) is 0. The lowest BCUT2D eigenvalue weighted by molar-refractivity contribution is -0.126. The van der Waals surface area contributed by atoms with Gasteiger partial charge in [0.05, 0.1) is 11.8 Å². The SMILES string of the molecule is FC(F)(F)Cc1cc2c(NCC3CCN(Cc4ccccc4Cl)CC3)ncnc2s1. The first kappa shape index (κ1) is 21.3. The van der Waals surface area contributed by atoms with Crippen molar-refractivity contribution in [3.63, 3.8) is 0 Å². The molecule has 1 saturated heterocycles. The summed E-state index contributed by atoms with van der Waals surface area (Å²) in [6, 6.07) is 9.48. The van der Waals surface area contributed by atoms with E-state index in [0.717, 1.165) is 60.9 Å². The Hall–Kier alpha value is -1.90. The Balaban J connectivity index is 1.32. The van der Waals surface area contributed by atoms with Crippen LogP contribution >= 0.6 is 22.9 Å². The van der Waals surface area contributed by atoms with E-state index in [1.807, 2.05) is 18.2 Å². The topological polar surface area (TPSA) is 41.0 Å². The van der Waals surface area contributed by atoms with Gasteiger partial charge in [-0.15, -0.1) is 11.3 Å². The van der Waals surface area contributed by atoms with Gasteiger partial charge in [-0.25, -0.2) is 9.97 Å². The summed E-state index contributed by atoms with van der Waals surface area (Å²) >= 11 is 7.34. The van der Waals surface area contributed by atoms with Crippen LogP contribution in [0.1, 0.15) is 23.3 Å². The molecule has 1 aliphatic heterocycles. The van der Waals surface area contributed by atoms with Crippen LogP contribution in [0.15, 0.2) is 36.7 Å². The van der Waals surface area contributed by atoms with E-state index < -0.39 is 12.6 Å². The highest BCUT2D eigenvalue weighted by atomic mass is 35.5. The van der Waals surface area contributed by atoms with Gasteiger partial charge in [0.1, 0.15) is 17.0 Å². The molecule has 0 amide bonds. The predicted octanol–water partition coefficient (Wildman–Crippen LogP) is 5.77. The van der Waals surface area contributed by atoms with Crippen molar-refractivity contribution in [1.29, 1.82) is 0 Å². The molecule has 0 saturated carbocycles. The Morgan fingerprint density at radius 1 is 1.17 bits per heavy atom. The minimum absolute atomic E-state index is 0.258. The van der Waals surface area contributed by atoms with Crippen molar-refractivity contribution < 1.29 is 13.2 Å². The van der Waals surface area contributed by atoms with Crippen molar-refractivity contribution >= 4 is 39.0 Å². The lowest BCUT2D eigenvalue weighted by Crippen LogP contribution is -2.35. The molecule has 1 aliphatic rings. The molecule has 3 aromatic rings. The maximum Gasteiger partial charge on any atom is 0.393 e. The zero-order chi connectivity index (χ0) is 21.1. The number of nitrogens with one attached hydrogen (secondary N) is 1. The highest BCUT2D eigenvalue weighted by Gasteiger charge is 2.29. The van der Waals surface area contributed by atoms with Gasteiger partial charge in [-0.1, -0.05) is 29.8 Å². The molecular weight excluding hydrogens is 433 g/mol. The average molecular weight is 455 g/mol. The van der Waals surface area contributed by atoms with E-state index in [9.17, 15) is 13.2 Å². The van der Waals surface area contributed by atoms with Gasteiger partial charge in [-0.2, -0.15) is 13.2 Å². The summed E-state index contributed by atoms with van der Waals surface area (Å²) in [6.07, 6.45) is -1.65. The summed E-state index contributed by atoms with van der Waals surface area (Å²) in [4.78, 5) is 11.6. The fourth-order valence-corrected chi connectivity index (χ4v) is 5.01. The van der Waals surface area contributed by atoms with Crippen LogP contribution in [-0.2, 0) is 13.0 Å². The van der Waals surface area contributed by atoms with Gasteiger partial charge in [0.15, 0.2) is 0 Å². The fourth-order valence-electron chi connectivity index (χ4n) is 3.79. The predicted molar refractivity (Wildman–Crippen MR) is 115 cm³/mol. The Labute approximate surface area is 182 Å². The normalized spacial score (nSPS) is 16.3. The number of anilines is 1. The van der Waals surface area contributed by atoms with E-state index in [4.69, 9.17) is 11.6 Å². The van der Waals surface area contributed by atoms with Crippen LogP contribution in [0.3, 0.4) is 0 Å². The van der Waals surface area contributed by atoms with Crippen molar-refractivity contribution in [2.45, 2.75) is 32.0 Å². The monoisotopic (exact) mass is 454 g/mol. The molecule has 4 rings (SSSR count). The third kappa shape index (κ3) is 5.42. The van der Waals surface area contributed by atoms with Gasteiger partial charge in [0, 0.05) is 23.0 Å². The molecule has 30 heavy (non-hydrogen) atoms. The second kappa shape index (κ2) is 9.08. The molecule has 0 aliphatic carbocycles. The molecule has 0 spiro atoms. The van der Waals surface area contributed by atoms with E-state index >= 15 is 0 Å². The lowest BCUT2D eigenvalue weighted by atomic mass is 9.96. The van der Waals surface area contributed by atoms with Crippen molar-refractivity contribution in [3.8, 4) is 0 Å². The first-order valence-electron chi connectivity index (χ1n) is 9.87. The fraction of sp³-hybridized carbons (Fsp3) is 0.429. The number of hydrogen-bond acceptors (Lipinski definition) is 5. The van der Waals surface area contributed by atoms with Crippen LogP contribution in [0.25, 0.3) is 10.2 Å². The Morgan fingerprint density at radius 2 is 1.93 bits per heavy atom. The molecule has 0 bridgehead atoms. The number of aromatic nitrogens is 2. The van der Waals surface area contributed by atoms with Crippen LogP contribution in [-0.4, -0.2) is 40.7 Å². The second-order valence-corrected chi connectivity index (χ2v) is 9.16. The molecule has 1 aromatic carbocycles. The highest BCUT2D eigenvalue weighted by Crippen LogP contribution is 2.32. The maximum absolute atomic E-state index is 12.7. The smallest absolute Gasteiger partial charge is 0.369 e. The van der Waals surface area contributed by atoms with Crippen molar-refractivity contribution in [2.24, 2.45) is 5.92 Å². The highest BCUT2D eigenvalue weighted by molar-refractivity contribution is 7.18. The van der Waals surface area contributed by atoms with Crippen molar-refractivity contribution in [3.05, 3.63) is 52.1 Å². The number of piperidine rings is 1. The zero-order valence-corrected chi connectivity index (χ0v) is 17.8. The Bertz CT molecular complexity index is 999. The number of fused-ring (bicyclic) bond motifs is 1. The molecule has 4 nitrogen and oxygen atoms in total. The van der Waals surface area contributed by atoms with Gasteiger partial charge in [-0.3, -0.25) is 4.90 Å². The molecule has 160 valence electrons. The van der Waals surface area contributed by atoms with Crippen LogP contribution in [0.5, 0.6) is 0 Å². The number of rotatable bonds is 6. The Morgan fingerprint density at radius 3 is 2.67 bits per heavy atom. The third-order valence-corrected chi connectivity index (χ3v) is 6.78. The standard InChI is InChI=1S/C21H22ClF3N4S/c22-18-4-2-1-3-15(18)12-29-7-5-14(6-8-29)11-26-19-17-9-16(10-21(23,24)25)30-20(17)28-13-27-19/h1-4,9,13-14H,5-8,10-12H2,(H,26,27,28). The van der Waals surface area contributed by atoms with Crippen LogP contribution < -0.4 is 5.32 Å². The van der Waals surface area contributed by atoms with Gasteiger partial charge in [0.2, 0.25) is 0 Å². The van der Waals surface area contributed by atoms with Gasteiger partial charge in [-0.05, 0) is 49.5 Å². The second-order valence-electron chi connectivity index (χ2n) is 7.64. The molecule has 0 radical (unpaired) electrons. The van der Waals surface area contributed by atoms with E-state index in [-0.39, 0.29) is 4.88 Å². The molecule has 1 fully saturated rings. The summed E-state index contributed by atoms with van der Waals surface area (Å²) in [5.41, 5.74) is 1.14. The molecular formula is C21H22ClF3N4S. The summed E-state index contributed by atoms with van der Waals surface area (Å²) in [6.45, 7) is 3.58. The quantitative estimate of drug-likeness (QED) is 0.513. The van der Waals surface area contributed by atoms with Crippen LogP contribution in [0.4, 0.5) is 19.0 Å². The summed E-state index contributed by atoms with van der Waals surface area (Å²) < 4.78 is 38.1. The summed E-state index contributed by atoms with van der Waals surface area (Å²) in [5, 5.41) is 4.81. The first-order valence-corrected chi connectivity index (χ1v) is 11.1. The molecule has 3 heterocycles. The largest absolute Gasteiger partial charge is 0.393 e. The number of halogens is 4. The van der Waals surface area contributed by atoms with Gasteiger partial charge < -0.3 is 5.32 Å². The van der Waals surface area contributed by atoms with E-state index in [1.165, 1.54) is 6.33 Å². The van der Waals surface area contributed by atoms with Gasteiger partial charge >= 0.3 is 6.18 Å². The average Bonchev–Trinajstić information content (AvgIpc) is 3.10. The van der Waals surface area contributed by atoms with E-state index in [1.54, 1.807) is 6.07 Å². The number of benzene rings is 1. The minimum Gasteiger partial charge on any atom is -0.369 e. The zero-order valence-electron chi connectivity index (χ0n) is 16.3.